The Morgan fingerprint density at radius 1 is 1.05 bits per heavy atom. The lowest BCUT2D eigenvalue weighted by molar-refractivity contribution is -0.117. The molecule has 0 aliphatic rings. The lowest BCUT2D eigenvalue weighted by Gasteiger charge is -2.26. The van der Waals surface area contributed by atoms with Crippen LogP contribution in [0, 0.1) is 0 Å². The van der Waals surface area contributed by atoms with Crippen LogP contribution in [0.1, 0.15) is 27.7 Å². The van der Waals surface area contributed by atoms with Gasteiger partial charge >= 0.3 is 0 Å². The van der Waals surface area contributed by atoms with Crippen molar-refractivity contribution in [2.24, 2.45) is 0 Å². The first kappa shape index (κ1) is 16.5. The fourth-order valence-electron chi connectivity index (χ4n) is 2.27. The van der Waals surface area contributed by atoms with Crippen LogP contribution in [0.2, 0.25) is 0 Å². The molecule has 0 bridgehead atoms. The molecule has 118 valence electrons. The number of carbonyl (C=O) groups excluding carboxylic acids is 1. The van der Waals surface area contributed by atoms with Gasteiger partial charge in [0.05, 0.1) is 5.25 Å². The van der Waals surface area contributed by atoms with Crippen molar-refractivity contribution >= 4 is 32.2 Å². The van der Waals surface area contributed by atoms with Gasteiger partial charge in [0.2, 0.25) is 5.91 Å². The monoisotopic (exact) mass is 319 g/mol. The van der Waals surface area contributed by atoms with Gasteiger partial charge in [0, 0.05) is 5.69 Å². The lowest BCUT2D eigenvalue weighted by atomic mass is 10.1. The molecule has 0 fully saturated rings. The second-order valence-corrected chi connectivity index (χ2v) is 9.17. The Morgan fingerprint density at radius 2 is 1.64 bits per heavy atom. The second-order valence-electron chi connectivity index (χ2n) is 6.12. The Balaban J connectivity index is 2.30. The third-order valence-electron chi connectivity index (χ3n) is 3.89. The molecular weight excluding hydrogens is 298 g/mol. The average Bonchev–Trinajstić information content (AvgIpc) is 2.46. The number of carbonyl (C=O) groups is 1. The van der Waals surface area contributed by atoms with Crippen LogP contribution in [-0.2, 0) is 14.6 Å². The van der Waals surface area contributed by atoms with E-state index in [2.05, 4.69) is 5.32 Å². The number of nitrogens with one attached hydrogen (secondary N) is 1. The van der Waals surface area contributed by atoms with E-state index in [9.17, 15) is 13.2 Å². The molecule has 0 aromatic heterocycles. The molecule has 0 aliphatic carbocycles. The van der Waals surface area contributed by atoms with Gasteiger partial charge in [-0.05, 0) is 50.6 Å². The highest BCUT2D eigenvalue weighted by Crippen LogP contribution is 2.25. The maximum atomic E-state index is 12.4. The summed E-state index contributed by atoms with van der Waals surface area (Å²) in [6.07, 6.45) is 0. The van der Waals surface area contributed by atoms with E-state index in [1.807, 2.05) is 36.4 Å². The van der Waals surface area contributed by atoms with Crippen LogP contribution in [0.15, 0.2) is 42.5 Å². The number of amides is 1. The van der Waals surface area contributed by atoms with Crippen LogP contribution in [0.25, 0.3) is 10.8 Å². The molecule has 1 N–H and O–H groups in total. The number of sulfone groups is 1. The molecule has 0 aliphatic heterocycles. The van der Waals surface area contributed by atoms with Gasteiger partial charge in [-0.25, -0.2) is 8.42 Å². The number of hydrogen-bond acceptors (Lipinski definition) is 3. The summed E-state index contributed by atoms with van der Waals surface area (Å²) in [5.74, 6) is -0.517. The van der Waals surface area contributed by atoms with Gasteiger partial charge in [0.1, 0.15) is 4.75 Å². The van der Waals surface area contributed by atoms with E-state index < -0.39 is 25.7 Å². The predicted molar refractivity (Wildman–Crippen MR) is 90.7 cm³/mol. The molecule has 0 saturated carbocycles. The van der Waals surface area contributed by atoms with E-state index in [1.165, 1.54) is 13.8 Å². The third kappa shape index (κ3) is 2.86. The molecule has 0 unspecified atom stereocenters. The summed E-state index contributed by atoms with van der Waals surface area (Å²) in [7, 11) is -3.55. The molecule has 0 heterocycles. The van der Waals surface area contributed by atoms with Crippen molar-refractivity contribution in [2.75, 3.05) is 5.32 Å². The van der Waals surface area contributed by atoms with Crippen molar-refractivity contribution < 1.29 is 13.2 Å². The highest BCUT2D eigenvalue weighted by molar-refractivity contribution is 7.94. The van der Waals surface area contributed by atoms with Gasteiger partial charge in [-0.3, -0.25) is 4.79 Å². The SMILES string of the molecule is CC(C)S(=O)(=O)C(C)(C)C(=O)Nc1ccc2ccccc2c1. The number of benzene rings is 2. The van der Waals surface area contributed by atoms with E-state index in [4.69, 9.17) is 0 Å². The third-order valence-corrected chi connectivity index (χ3v) is 6.74. The van der Waals surface area contributed by atoms with Crippen LogP contribution in [0.4, 0.5) is 5.69 Å². The summed E-state index contributed by atoms with van der Waals surface area (Å²) in [6.45, 7) is 6.05. The van der Waals surface area contributed by atoms with E-state index >= 15 is 0 Å². The van der Waals surface area contributed by atoms with Gasteiger partial charge in [-0.1, -0.05) is 30.3 Å². The number of fused-ring (bicyclic) bond motifs is 1. The van der Waals surface area contributed by atoms with Crippen molar-refractivity contribution in [3.63, 3.8) is 0 Å². The Morgan fingerprint density at radius 3 is 2.23 bits per heavy atom. The number of hydrogen-bond donors (Lipinski definition) is 1. The zero-order valence-electron chi connectivity index (χ0n) is 13.3. The van der Waals surface area contributed by atoms with Crippen molar-refractivity contribution in [1.29, 1.82) is 0 Å². The molecule has 0 spiro atoms. The Kier molecular flexibility index (Phi) is 4.29. The molecule has 0 radical (unpaired) electrons. The Bertz CT molecular complexity index is 808. The van der Waals surface area contributed by atoms with E-state index in [0.29, 0.717) is 5.69 Å². The number of anilines is 1. The van der Waals surface area contributed by atoms with Crippen LogP contribution in [0.3, 0.4) is 0 Å². The molecular formula is C17H21NO3S. The summed E-state index contributed by atoms with van der Waals surface area (Å²) < 4.78 is 23.2. The first-order valence-corrected chi connectivity index (χ1v) is 8.74. The van der Waals surface area contributed by atoms with Crippen LogP contribution in [0.5, 0.6) is 0 Å². The predicted octanol–water partition coefficient (Wildman–Crippen LogP) is 3.38. The average molecular weight is 319 g/mol. The van der Waals surface area contributed by atoms with Crippen LogP contribution < -0.4 is 5.32 Å². The minimum atomic E-state index is -3.55. The normalized spacial score (nSPS) is 12.6. The van der Waals surface area contributed by atoms with Gasteiger partial charge in [0.25, 0.3) is 0 Å². The zero-order chi connectivity index (χ0) is 16.5. The molecule has 2 aromatic rings. The van der Waals surface area contributed by atoms with Gasteiger partial charge < -0.3 is 5.32 Å². The van der Waals surface area contributed by atoms with E-state index in [0.717, 1.165) is 10.8 Å². The van der Waals surface area contributed by atoms with Crippen LogP contribution >= 0.6 is 0 Å². The fourth-order valence-corrected chi connectivity index (χ4v) is 3.76. The van der Waals surface area contributed by atoms with Crippen molar-refractivity contribution in [3.05, 3.63) is 42.5 Å². The quantitative estimate of drug-likeness (QED) is 0.939. The Labute approximate surface area is 131 Å². The maximum absolute atomic E-state index is 12.4. The highest BCUT2D eigenvalue weighted by atomic mass is 32.2. The molecule has 0 saturated heterocycles. The van der Waals surface area contributed by atoms with Crippen molar-refractivity contribution in [2.45, 2.75) is 37.7 Å². The summed E-state index contributed by atoms with van der Waals surface area (Å²) in [4.78, 5) is 12.4. The number of rotatable bonds is 4. The minimum Gasteiger partial charge on any atom is -0.325 e. The summed E-state index contributed by atoms with van der Waals surface area (Å²) >= 11 is 0. The van der Waals surface area contributed by atoms with E-state index in [1.54, 1.807) is 19.9 Å². The van der Waals surface area contributed by atoms with Gasteiger partial charge in [0.15, 0.2) is 9.84 Å². The molecule has 2 aromatic carbocycles. The first-order chi connectivity index (χ1) is 10.2. The van der Waals surface area contributed by atoms with E-state index in [-0.39, 0.29) is 0 Å². The van der Waals surface area contributed by atoms with Crippen molar-refractivity contribution in [1.82, 2.24) is 0 Å². The minimum absolute atomic E-state index is 0.517. The van der Waals surface area contributed by atoms with Gasteiger partial charge in [-0.2, -0.15) is 0 Å². The van der Waals surface area contributed by atoms with Crippen molar-refractivity contribution in [3.8, 4) is 0 Å². The largest absolute Gasteiger partial charge is 0.325 e. The zero-order valence-corrected chi connectivity index (χ0v) is 14.1. The summed E-state index contributed by atoms with van der Waals surface area (Å²) in [5, 5.41) is 4.17. The first-order valence-electron chi connectivity index (χ1n) is 7.20. The molecule has 5 heteroatoms. The molecule has 0 atom stereocenters. The van der Waals surface area contributed by atoms with Gasteiger partial charge in [-0.15, -0.1) is 0 Å². The Hall–Kier alpha value is -1.88. The topological polar surface area (TPSA) is 63.2 Å². The maximum Gasteiger partial charge on any atom is 0.245 e. The standard InChI is InChI=1S/C17H21NO3S/c1-12(2)22(20,21)17(3,4)16(19)18-15-10-9-13-7-5-6-8-14(13)11-15/h5-12H,1-4H3,(H,18,19). The second kappa shape index (κ2) is 5.72. The fraction of sp³-hybridized carbons (Fsp3) is 0.353. The summed E-state index contributed by atoms with van der Waals surface area (Å²) in [5.41, 5.74) is 0.593. The van der Waals surface area contributed by atoms with Crippen LogP contribution in [-0.4, -0.2) is 24.3 Å². The molecule has 1 amide bonds. The smallest absolute Gasteiger partial charge is 0.245 e. The highest BCUT2D eigenvalue weighted by Gasteiger charge is 2.43. The molecule has 2 rings (SSSR count). The molecule has 22 heavy (non-hydrogen) atoms. The lowest BCUT2D eigenvalue weighted by Crippen LogP contribution is -2.47. The molecule has 4 nitrogen and oxygen atoms in total. The summed E-state index contributed by atoms with van der Waals surface area (Å²) in [6, 6.07) is 13.3.